The number of hydrogen-bond donors (Lipinski definition) is 1. The summed E-state index contributed by atoms with van der Waals surface area (Å²) in [4.78, 5) is 0. The molecule has 1 aromatic rings. The maximum atomic E-state index is 8.88. The van der Waals surface area contributed by atoms with Crippen molar-refractivity contribution in [3.8, 4) is 11.8 Å². The Hall–Kier alpha value is -1.83. The zero-order valence-corrected chi connectivity index (χ0v) is 11.3. The van der Waals surface area contributed by atoms with Crippen LogP contribution in [0.1, 0.15) is 17.5 Å². The van der Waals surface area contributed by atoms with Gasteiger partial charge in [-0.15, -0.1) is 6.58 Å². The van der Waals surface area contributed by atoms with Crippen molar-refractivity contribution in [3.05, 3.63) is 42.0 Å². The maximum Gasteiger partial charge on any atom is 0.123 e. The van der Waals surface area contributed by atoms with Crippen LogP contribution in [-0.2, 0) is 11.3 Å². The van der Waals surface area contributed by atoms with Crippen LogP contribution in [0.3, 0.4) is 0 Å². The van der Waals surface area contributed by atoms with Crippen LogP contribution in [0.15, 0.2) is 30.9 Å². The van der Waals surface area contributed by atoms with Crippen LogP contribution in [0.25, 0.3) is 0 Å². The lowest BCUT2D eigenvalue weighted by Gasteiger charge is -2.10. The Labute approximate surface area is 114 Å². The van der Waals surface area contributed by atoms with Crippen molar-refractivity contribution in [2.45, 2.75) is 13.0 Å². The molecule has 0 aliphatic heterocycles. The molecule has 0 aromatic heterocycles. The first-order valence-corrected chi connectivity index (χ1v) is 6.28. The van der Waals surface area contributed by atoms with E-state index in [4.69, 9.17) is 14.7 Å². The lowest BCUT2D eigenvalue weighted by molar-refractivity contribution is 0.140. The smallest absolute Gasteiger partial charge is 0.123 e. The summed E-state index contributed by atoms with van der Waals surface area (Å²) in [6.45, 7) is 6.42. The highest BCUT2D eigenvalue weighted by Crippen LogP contribution is 2.19. The SMILES string of the molecule is C=CCCOCCNCc1cc(C#N)ccc1OC. The van der Waals surface area contributed by atoms with Crippen LogP contribution in [0.4, 0.5) is 0 Å². The fraction of sp³-hybridized carbons (Fsp3) is 0.400. The average Bonchev–Trinajstić information content (AvgIpc) is 2.46. The zero-order chi connectivity index (χ0) is 13.9. The van der Waals surface area contributed by atoms with Gasteiger partial charge in [0.2, 0.25) is 0 Å². The summed E-state index contributed by atoms with van der Waals surface area (Å²) >= 11 is 0. The average molecular weight is 260 g/mol. The van der Waals surface area contributed by atoms with Crippen LogP contribution in [0.5, 0.6) is 5.75 Å². The highest BCUT2D eigenvalue weighted by Gasteiger charge is 2.03. The Morgan fingerprint density at radius 2 is 2.26 bits per heavy atom. The molecule has 0 bridgehead atoms. The minimum absolute atomic E-state index is 0.639. The first kappa shape index (κ1) is 15.2. The molecule has 0 radical (unpaired) electrons. The van der Waals surface area contributed by atoms with Gasteiger partial charge in [-0.05, 0) is 24.6 Å². The molecule has 102 valence electrons. The molecule has 0 atom stereocenters. The van der Waals surface area contributed by atoms with Crippen LogP contribution in [-0.4, -0.2) is 26.9 Å². The molecule has 0 spiro atoms. The van der Waals surface area contributed by atoms with Crippen molar-refractivity contribution >= 4 is 0 Å². The number of nitrogens with one attached hydrogen (secondary N) is 1. The molecule has 0 fully saturated rings. The van der Waals surface area contributed by atoms with Crippen molar-refractivity contribution in [1.29, 1.82) is 5.26 Å². The Morgan fingerprint density at radius 3 is 2.95 bits per heavy atom. The summed E-state index contributed by atoms with van der Waals surface area (Å²) in [5.41, 5.74) is 1.62. The standard InChI is InChI=1S/C15H20N2O2/c1-3-4-8-19-9-7-17-12-14-10-13(11-16)5-6-15(14)18-2/h3,5-6,10,17H,1,4,7-9,12H2,2H3. The molecule has 1 N–H and O–H groups in total. The third-order valence-corrected chi connectivity index (χ3v) is 2.61. The van der Waals surface area contributed by atoms with Crippen molar-refractivity contribution in [2.75, 3.05) is 26.9 Å². The van der Waals surface area contributed by atoms with Gasteiger partial charge in [-0.25, -0.2) is 0 Å². The van der Waals surface area contributed by atoms with E-state index in [2.05, 4.69) is 18.0 Å². The Kier molecular flexibility index (Phi) is 7.33. The second-order valence-electron chi connectivity index (χ2n) is 4.00. The normalized spacial score (nSPS) is 9.89. The van der Waals surface area contributed by atoms with Crippen LogP contribution in [0.2, 0.25) is 0 Å². The molecule has 0 saturated heterocycles. The van der Waals surface area contributed by atoms with Gasteiger partial charge in [-0.2, -0.15) is 5.26 Å². The molecule has 0 aliphatic carbocycles. The molecule has 1 aromatic carbocycles. The molecule has 0 amide bonds. The first-order valence-electron chi connectivity index (χ1n) is 6.28. The molecular formula is C15H20N2O2. The summed E-state index contributed by atoms with van der Waals surface area (Å²) in [7, 11) is 1.63. The van der Waals surface area contributed by atoms with E-state index in [-0.39, 0.29) is 0 Å². The Morgan fingerprint density at radius 1 is 1.42 bits per heavy atom. The monoisotopic (exact) mass is 260 g/mol. The van der Waals surface area contributed by atoms with Gasteiger partial charge in [0.15, 0.2) is 0 Å². The van der Waals surface area contributed by atoms with Crippen LogP contribution in [0, 0.1) is 11.3 Å². The Balaban J connectivity index is 2.35. The van der Waals surface area contributed by atoms with E-state index in [0.29, 0.717) is 25.3 Å². The van der Waals surface area contributed by atoms with Crippen molar-refractivity contribution in [1.82, 2.24) is 5.32 Å². The number of hydrogen-bond acceptors (Lipinski definition) is 4. The largest absolute Gasteiger partial charge is 0.496 e. The van der Waals surface area contributed by atoms with E-state index in [9.17, 15) is 0 Å². The summed E-state index contributed by atoms with van der Waals surface area (Å²) in [5, 5.41) is 12.1. The fourth-order valence-corrected chi connectivity index (χ4v) is 1.62. The molecule has 0 heterocycles. The number of methoxy groups -OCH3 is 1. The predicted molar refractivity (Wildman–Crippen MR) is 75.0 cm³/mol. The summed E-state index contributed by atoms with van der Waals surface area (Å²) in [5.74, 6) is 0.791. The molecular weight excluding hydrogens is 240 g/mol. The van der Waals surface area contributed by atoms with Crippen LogP contribution < -0.4 is 10.1 Å². The minimum Gasteiger partial charge on any atom is -0.496 e. The van der Waals surface area contributed by atoms with Gasteiger partial charge in [-0.3, -0.25) is 0 Å². The minimum atomic E-state index is 0.639. The van der Waals surface area contributed by atoms with Gasteiger partial charge in [0, 0.05) is 18.7 Å². The van der Waals surface area contributed by atoms with E-state index in [0.717, 1.165) is 24.3 Å². The lowest BCUT2D eigenvalue weighted by atomic mass is 10.1. The van der Waals surface area contributed by atoms with Crippen molar-refractivity contribution < 1.29 is 9.47 Å². The number of benzene rings is 1. The van der Waals surface area contributed by atoms with Gasteiger partial charge < -0.3 is 14.8 Å². The topological polar surface area (TPSA) is 54.3 Å². The highest BCUT2D eigenvalue weighted by molar-refractivity contribution is 5.41. The molecule has 1 rings (SSSR count). The zero-order valence-electron chi connectivity index (χ0n) is 11.3. The van der Waals surface area contributed by atoms with E-state index in [1.54, 1.807) is 13.2 Å². The van der Waals surface area contributed by atoms with E-state index < -0.39 is 0 Å². The van der Waals surface area contributed by atoms with Gasteiger partial charge >= 0.3 is 0 Å². The molecule has 0 saturated carbocycles. The maximum absolute atomic E-state index is 8.88. The first-order chi connectivity index (χ1) is 9.31. The van der Waals surface area contributed by atoms with Gasteiger partial charge in [0.25, 0.3) is 0 Å². The Bertz CT molecular complexity index is 438. The third-order valence-electron chi connectivity index (χ3n) is 2.61. The van der Waals surface area contributed by atoms with Gasteiger partial charge in [0.1, 0.15) is 5.75 Å². The van der Waals surface area contributed by atoms with E-state index >= 15 is 0 Å². The summed E-state index contributed by atoms with van der Waals surface area (Å²) in [6, 6.07) is 7.53. The number of rotatable bonds is 9. The molecule has 0 unspecified atom stereocenters. The molecule has 19 heavy (non-hydrogen) atoms. The lowest BCUT2D eigenvalue weighted by Crippen LogP contribution is -2.19. The molecule has 4 nitrogen and oxygen atoms in total. The third kappa shape index (κ3) is 5.56. The van der Waals surface area contributed by atoms with E-state index in [1.807, 2.05) is 18.2 Å². The second-order valence-corrected chi connectivity index (χ2v) is 4.00. The molecule has 4 heteroatoms. The van der Waals surface area contributed by atoms with Crippen molar-refractivity contribution in [3.63, 3.8) is 0 Å². The fourth-order valence-electron chi connectivity index (χ4n) is 1.62. The van der Waals surface area contributed by atoms with Crippen LogP contribution >= 0.6 is 0 Å². The molecule has 0 aliphatic rings. The number of nitriles is 1. The highest BCUT2D eigenvalue weighted by atomic mass is 16.5. The van der Waals surface area contributed by atoms with Gasteiger partial charge in [0.05, 0.1) is 32.0 Å². The van der Waals surface area contributed by atoms with Crippen molar-refractivity contribution in [2.24, 2.45) is 0 Å². The van der Waals surface area contributed by atoms with Gasteiger partial charge in [-0.1, -0.05) is 6.08 Å². The number of nitrogens with zero attached hydrogens (tertiary/aromatic N) is 1. The quantitative estimate of drug-likeness (QED) is 0.546. The number of ether oxygens (including phenoxy) is 2. The summed E-state index contributed by atoms with van der Waals surface area (Å²) < 4.78 is 10.7. The predicted octanol–water partition coefficient (Wildman–Crippen LogP) is 2.25. The summed E-state index contributed by atoms with van der Waals surface area (Å²) in [6.07, 6.45) is 2.71. The van der Waals surface area contributed by atoms with E-state index in [1.165, 1.54) is 0 Å². The second kappa shape index (κ2) is 9.15.